The molecule has 0 radical (unpaired) electrons. The number of carbonyl (C=O) groups is 2. The number of aryl methyl sites for hydroxylation is 1. The van der Waals surface area contributed by atoms with Crippen LogP contribution >= 0.6 is 0 Å². The lowest BCUT2D eigenvalue weighted by atomic mass is 10.0. The molecule has 0 aliphatic carbocycles. The molecular weight excluding hydrogens is 276 g/mol. The molecule has 0 spiro atoms. The molecule has 4 heteroatoms. The number of hydrogen-bond acceptors (Lipinski definition) is 2. The summed E-state index contributed by atoms with van der Waals surface area (Å²) in [5.74, 6) is -0.235. The highest BCUT2D eigenvalue weighted by Gasteiger charge is 2.26. The van der Waals surface area contributed by atoms with Crippen molar-refractivity contribution in [3.05, 3.63) is 59.2 Å². The van der Waals surface area contributed by atoms with Gasteiger partial charge >= 0.3 is 0 Å². The van der Waals surface area contributed by atoms with E-state index in [1.807, 2.05) is 56.3 Å². The normalized spacial score (nSPS) is 16.1. The Morgan fingerprint density at radius 2 is 2.00 bits per heavy atom. The molecule has 0 fully saturated rings. The number of benzene rings is 2. The van der Waals surface area contributed by atoms with E-state index in [2.05, 4.69) is 10.6 Å². The fourth-order valence-electron chi connectivity index (χ4n) is 2.68. The molecule has 2 aromatic rings. The van der Waals surface area contributed by atoms with Crippen molar-refractivity contribution in [1.29, 1.82) is 0 Å². The van der Waals surface area contributed by atoms with Crippen molar-refractivity contribution >= 4 is 23.2 Å². The van der Waals surface area contributed by atoms with E-state index in [-0.39, 0.29) is 17.7 Å². The summed E-state index contributed by atoms with van der Waals surface area (Å²) in [6, 6.07) is 13.4. The van der Waals surface area contributed by atoms with E-state index in [4.69, 9.17) is 0 Å². The van der Waals surface area contributed by atoms with E-state index in [9.17, 15) is 9.59 Å². The van der Waals surface area contributed by atoms with Gasteiger partial charge in [0.1, 0.15) is 0 Å². The molecular formula is C18H18N2O2. The van der Waals surface area contributed by atoms with Crippen LogP contribution in [0.1, 0.15) is 29.5 Å². The van der Waals surface area contributed by atoms with Crippen LogP contribution in [0.2, 0.25) is 0 Å². The van der Waals surface area contributed by atoms with Gasteiger partial charge in [-0.2, -0.15) is 0 Å². The summed E-state index contributed by atoms with van der Waals surface area (Å²) < 4.78 is 0. The fraction of sp³-hybridized carbons (Fsp3) is 0.222. The zero-order valence-corrected chi connectivity index (χ0v) is 12.6. The fourth-order valence-corrected chi connectivity index (χ4v) is 2.68. The van der Waals surface area contributed by atoms with Crippen LogP contribution in [0.5, 0.6) is 0 Å². The molecule has 2 aromatic carbocycles. The van der Waals surface area contributed by atoms with E-state index >= 15 is 0 Å². The summed E-state index contributed by atoms with van der Waals surface area (Å²) in [7, 11) is 0. The minimum absolute atomic E-state index is 0.00149. The Hall–Kier alpha value is -2.62. The van der Waals surface area contributed by atoms with Gasteiger partial charge < -0.3 is 10.6 Å². The van der Waals surface area contributed by atoms with Crippen LogP contribution in [0.3, 0.4) is 0 Å². The van der Waals surface area contributed by atoms with E-state index in [1.165, 1.54) is 0 Å². The van der Waals surface area contributed by atoms with Crippen LogP contribution in [0.25, 0.3) is 0 Å². The zero-order valence-electron chi connectivity index (χ0n) is 12.6. The van der Waals surface area contributed by atoms with Crippen LogP contribution < -0.4 is 10.6 Å². The second-order valence-corrected chi connectivity index (χ2v) is 5.66. The van der Waals surface area contributed by atoms with Crippen molar-refractivity contribution < 1.29 is 9.59 Å². The molecule has 1 aliphatic rings. The van der Waals surface area contributed by atoms with Crippen molar-refractivity contribution in [2.45, 2.75) is 26.2 Å². The van der Waals surface area contributed by atoms with Crippen molar-refractivity contribution in [3.63, 3.8) is 0 Å². The summed E-state index contributed by atoms with van der Waals surface area (Å²) >= 11 is 0. The zero-order chi connectivity index (χ0) is 15.7. The largest absolute Gasteiger partial charge is 0.326 e. The van der Waals surface area contributed by atoms with Crippen LogP contribution in [0.4, 0.5) is 11.4 Å². The summed E-state index contributed by atoms with van der Waals surface area (Å²) in [5.41, 5.74) is 4.61. The van der Waals surface area contributed by atoms with Crippen molar-refractivity contribution in [3.8, 4) is 0 Å². The number of nitrogens with one attached hydrogen (secondary N) is 2. The number of amides is 2. The van der Waals surface area contributed by atoms with E-state index < -0.39 is 0 Å². The molecule has 4 nitrogen and oxygen atoms in total. The second kappa shape index (κ2) is 5.64. The van der Waals surface area contributed by atoms with Crippen molar-refractivity contribution in [2.24, 2.45) is 0 Å². The molecule has 1 unspecified atom stereocenters. The molecule has 2 amide bonds. The van der Waals surface area contributed by atoms with Gasteiger partial charge in [0.05, 0.1) is 12.3 Å². The average Bonchev–Trinajstić information content (AvgIpc) is 2.77. The number of rotatable bonds is 3. The molecule has 112 valence electrons. The Bertz CT molecular complexity index is 753. The highest BCUT2D eigenvalue weighted by molar-refractivity contribution is 6.03. The van der Waals surface area contributed by atoms with Crippen molar-refractivity contribution in [1.82, 2.24) is 0 Å². The maximum absolute atomic E-state index is 12.2. The standard InChI is InChI=1S/C18H18N2O2/c1-11-5-3-4-6-13(11)9-17(21)19-14-7-8-16-15(10-14)12(2)18(22)20-16/h3-8,10,12H,9H2,1-2H3,(H,19,21)(H,20,22). The van der Waals surface area contributed by atoms with Crippen LogP contribution in [-0.2, 0) is 16.0 Å². The van der Waals surface area contributed by atoms with Gasteiger partial charge in [-0.3, -0.25) is 9.59 Å². The summed E-state index contributed by atoms with van der Waals surface area (Å²) in [5, 5.41) is 5.73. The Kier molecular flexibility index (Phi) is 3.67. The lowest BCUT2D eigenvalue weighted by Gasteiger charge is -2.09. The molecule has 1 atom stereocenters. The molecule has 3 rings (SSSR count). The molecule has 1 heterocycles. The second-order valence-electron chi connectivity index (χ2n) is 5.66. The average molecular weight is 294 g/mol. The van der Waals surface area contributed by atoms with E-state index in [0.717, 1.165) is 28.1 Å². The van der Waals surface area contributed by atoms with Crippen molar-refractivity contribution in [2.75, 3.05) is 10.6 Å². The van der Waals surface area contributed by atoms with Gasteiger partial charge in [0.2, 0.25) is 11.8 Å². The first-order valence-electron chi connectivity index (χ1n) is 7.34. The monoisotopic (exact) mass is 294 g/mol. The maximum Gasteiger partial charge on any atom is 0.231 e. The Morgan fingerprint density at radius 1 is 1.23 bits per heavy atom. The SMILES string of the molecule is Cc1ccccc1CC(=O)Nc1ccc2c(c1)C(C)C(=O)N2. The Balaban J connectivity index is 1.73. The Labute approximate surface area is 129 Å². The minimum atomic E-state index is -0.178. The Morgan fingerprint density at radius 3 is 2.77 bits per heavy atom. The van der Waals surface area contributed by atoms with Gasteiger partial charge in [-0.1, -0.05) is 24.3 Å². The predicted octanol–water partition coefficient (Wildman–Crippen LogP) is 3.23. The minimum Gasteiger partial charge on any atom is -0.326 e. The smallest absolute Gasteiger partial charge is 0.231 e. The third kappa shape index (κ3) is 2.72. The third-order valence-electron chi connectivity index (χ3n) is 4.07. The molecule has 0 saturated heterocycles. The third-order valence-corrected chi connectivity index (χ3v) is 4.07. The maximum atomic E-state index is 12.2. The van der Waals surface area contributed by atoms with Gasteiger partial charge in [-0.25, -0.2) is 0 Å². The lowest BCUT2D eigenvalue weighted by Crippen LogP contribution is -2.15. The molecule has 22 heavy (non-hydrogen) atoms. The predicted molar refractivity (Wildman–Crippen MR) is 87.0 cm³/mol. The van der Waals surface area contributed by atoms with Gasteiger partial charge in [-0.05, 0) is 48.7 Å². The highest BCUT2D eigenvalue weighted by Crippen LogP contribution is 2.34. The van der Waals surface area contributed by atoms with E-state index in [0.29, 0.717) is 6.42 Å². The van der Waals surface area contributed by atoms with Crippen LogP contribution in [0.15, 0.2) is 42.5 Å². The first kappa shape index (κ1) is 14.3. The number of carbonyl (C=O) groups excluding carboxylic acids is 2. The quantitative estimate of drug-likeness (QED) is 0.913. The molecule has 1 aliphatic heterocycles. The molecule has 2 N–H and O–H groups in total. The van der Waals surface area contributed by atoms with Crippen LogP contribution in [0, 0.1) is 6.92 Å². The van der Waals surface area contributed by atoms with Gasteiger partial charge in [0, 0.05) is 11.4 Å². The molecule has 0 bridgehead atoms. The van der Waals surface area contributed by atoms with Gasteiger partial charge in [0.15, 0.2) is 0 Å². The van der Waals surface area contributed by atoms with E-state index in [1.54, 1.807) is 0 Å². The number of fused-ring (bicyclic) bond motifs is 1. The van der Waals surface area contributed by atoms with Gasteiger partial charge in [0.25, 0.3) is 0 Å². The lowest BCUT2D eigenvalue weighted by molar-refractivity contribution is -0.117. The number of anilines is 2. The first-order chi connectivity index (χ1) is 10.5. The van der Waals surface area contributed by atoms with Crippen LogP contribution in [-0.4, -0.2) is 11.8 Å². The number of hydrogen-bond donors (Lipinski definition) is 2. The summed E-state index contributed by atoms with van der Waals surface area (Å²) in [6.07, 6.45) is 0.344. The molecule has 0 saturated carbocycles. The highest BCUT2D eigenvalue weighted by atomic mass is 16.2. The topological polar surface area (TPSA) is 58.2 Å². The summed E-state index contributed by atoms with van der Waals surface area (Å²) in [4.78, 5) is 23.8. The first-order valence-corrected chi connectivity index (χ1v) is 7.34. The summed E-state index contributed by atoms with van der Waals surface area (Å²) in [6.45, 7) is 3.86. The van der Waals surface area contributed by atoms with Gasteiger partial charge in [-0.15, -0.1) is 0 Å². The molecule has 0 aromatic heterocycles.